The molecule has 182 valence electrons. The third-order valence-electron chi connectivity index (χ3n) is 6.50. The van der Waals surface area contributed by atoms with Crippen LogP contribution in [0.2, 0.25) is 0 Å². The van der Waals surface area contributed by atoms with Crippen LogP contribution in [0.15, 0.2) is 41.5 Å². The summed E-state index contributed by atoms with van der Waals surface area (Å²) in [5.74, 6) is -0.553. The second-order valence-corrected chi connectivity index (χ2v) is 9.34. The topological polar surface area (TPSA) is 63.4 Å². The highest BCUT2D eigenvalue weighted by molar-refractivity contribution is 7.80. The Morgan fingerprint density at radius 3 is 2.44 bits per heavy atom. The summed E-state index contributed by atoms with van der Waals surface area (Å²) in [5.41, 5.74) is 11.0. The maximum Gasteiger partial charge on any atom is 0.184 e. The molecule has 3 N–H and O–H groups in total. The predicted molar refractivity (Wildman–Crippen MR) is 139 cm³/mol. The van der Waals surface area contributed by atoms with Crippen molar-refractivity contribution in [2.24, 2.45) is 10.8 Å². The number of hydrogen-bond acceptors (Lipinski definition) is 6. The summed E-state index contributed by atoms with van der Waals surface area (Å²) in [7, 11) is 4.16. The highest BCUT2D eigenvalue weighted by Gasteiger charge is 2.28. The van der Waals surface area contributed by atoms with Crippen molar-refractivity contribution in [3.05, 3.63) is 53.6 Å². The third kappa shape index (κ3) is 5.56. The molecule has 0 aromatic heterocycles. The Labute approximate surface area is 204 Å². The molecule has 0 saturated carbocycles. The molecule has 0 unspecified atom stereocenters. The lowest BCUT2D eigenvalue weighted by Gasteiger charge is -2.38. The minimum absolute atomic E-state index is 0.0555. The van der Waals surface area contributed by atoms with Crippen LogP contribution in [-0.2, 0) is 0 Å². The number of hydrazone groups is 1. The first kappa shape index (κ1) is 24.2. The molecule has 0 bridgehead atoms. The molecule has 0 radical (unpaired) electrons. The molecule has 2 saturated heterocycles. The average molecular weight is 488 g/mol. The normalized spacial score (nSPS) is 18.9. The van der Waals surface area contributed by atoms with Crippen molar-refractivity contribution in [2.45, 2.75) is 12.5 Å². The molecular weight excluding hydrogens is 456 g/mol. The molecule has 0 spiro atoms. The van der Waals surface area contributed by atoms with E-state index in [0.29, 0.717) is 43.5 Å². The lowest BCUT2D eigenvalue weighted by atomic mass is 10.1. The fourth-order valence-electron chi connectivity index (χ4n) is 4.61. The summed E-state index contributed by atoms with van der Waals surface area (Å²) < 4.78 is 28.9. The molecule has 2 aromatic carbocycles. The van der Waals surface area contributed by atoms with Gasteiger partial charge in [-0.15, -0.1) is 0 Å². The number of benzene rings is 2. The lowest BCUT2D eigenvalue weighted by molar-refractivity contribution is 0.315. The minimum atomic E-state index is -0.303. The van der Waals surface area contributed by atoms with Gasteiger partial charge in [0, 0.05) is 62.2 Å². The highest BCUT2D eigenvalue weighted by atomic mass is 32.1. The van der Waals surface area contributed by atoms with Crippen LogP contribution in [0.4, 0.5) is 25.8 Å². The van der Waals surface area contributed by atoms with Gasteiger partial charge >= 0.3 is 0 Å². The summed E-state index contributed by atoms with van der Waals surface area (Å²) in [5, 5.41) is 4.12. The van der Waals surface area contributed by atoms with Crippen LogP contribution in [-0.4, -0.2) is 75.6 Å². The van der Waals surface area contributed by atoms with Crippen molar-refractivity contribution < 1.29 is 8.78 Å². The van der Waals surface area contributed by atoms with Crippen LogP contribution >= 0.6 is 12.2 Å². The number of hydrogen-bond donors (Lipinski definition) is 2. The zero-order valence-corrected chi connectivity index (χ0v) is 20.4. The van der Waals surface area contributed by atoms with Crippen LogP contribution in [0.1, 0.15) is 12.0 Å². The molecule has 2 aromatic rings. The van der Waals surface area contributed by atoms with Crippen molar-refractivity contribution in [1.82, 2.24) is 10.3 Å². The summed E-state index contributed by atoms with van der Waals surface area (Å²) in [4.78, 5) is 8.68. The molecular formula is C24H31F2N7S. The van der Waals surface area contributed by atoms with Crippen molar-refractivity contribution in [3.63, 3.8) is 0 Å². The maximum absolute atomic E-state index is 15.3. The van der Waals surface area contributed by atoms with Gasteiger partial charge in [0.1, 0.15) is 11.6 Å². The Kier molecular flexibility index (Phi) is 7.47. The number of thiocarbonyl (C=S) groups is 1. The van der Waals surface area contributed by atoms with Crippen molar-refractivity contribution in [3.8, 4) is 0 Å². The second kappa shape index (κ2) is 10.5. The minimum Gasteiger partial charge on any atom is -0.375 e. The number of nitrogens with one attached hydrogen (secondary N) is 1. The number of halogens is 2. The summed E-state index contributed by atoms with van der Waals surface area (Å²) in [6.07, 6.45) is 2.60. The Balaban J connectivity index is 1.57. The Morgan fingerprint density at radius 2 is 1.79 bits per heavy atom. The van der Waals surface area contributed by atoms with Gasteiger partial charge in [-0.3, -0.25) is 5.43 Å². The molecule has 34 heavy (non-hydrogen) atoms. The van der Waals surface area contributed by atoms with E-state index in [-0.39, 0.29) is 16.7 Å². The fraction of sp³-hybridized carbons (Fsp3) is 0.417. The largest absolute Gasteiger partial charge is 0.375 e. The zero-order chi connectivity index (χ0) is 24.2. The highest BCUT2D eigenvalue weighted by Crippen LogP contribution is 2.33. The quantitative estimate of drug-likeness (QED) is 0.369. The van der Waals surface area contributed by atoms with E-state index in [1.54, 1.807) is 12.3 Å². The number of likely N-dealkylation sites (N-methyl/N-ethyl adjacent to an activating group) is 1. The molecule has 0 amide bonds. The van der Waals surface area contributed by atoms with E-state index < -0.39 is 0 Å². The van der Waals surface area contributed by atoms with Crippen LogP contribution in [0.3, 0.4) is 0 Å². The first-order valence-electron chi connectivity index (χ1n) is 11.4. The maximum atomic E-state index is 15.3. The van der Waals surface area contributed by atoms with E-state index in [9.17, 15) is 4.39 Å². The van der Waals surface area contributed by atoms with Gasteiger partial charge in [-0.05, 0) is 63.1 Å². The van der Waals surface area contributed by atoms with Gasteiger partial charge in [0.15, 0.2) is 5.11 Å². The van der Waals surface area contributed by atoms with Crippen molar-refractivity contribution in [2.75, 3.05) is 68.1 Å². The van der Waals surface area contributed by atoms with E-state index >= 15 is 4.39 Å². The van der Waals surface area contributed by atoms with Gasteiger partial charge in [-0.25, -0.2) is 8.78 Å². The smallest absolute Gasteiger partial charge is 0.184 e. The SMILES string of the molecule is CN(C)[C@@H]1CCN(c2cc(N3CCN(c4cccc(F)c4)CC3)c(F)cc2C=NNC(N)=S)C1. The molecule has 4 rings (SSSR count). The number of anilines is 3. The number of nitrogens with two attached hydrogens (primary N) is 1. The average Bonchev–Trinajstić information content (AvgIpc) is 3.30. The molecule has 2 aliphatic heterocycles. The zero-order valence-electron chi connectivity index (χ0n) is 19.5. The molecule has 0 aliphatic carbocycles. The number of nitrogens with zero attached hydrogens (tertiary/aromatic N) is 5. The molecule has 1 atom stereocenters. The Bertz CT molecular complexity index is 1050. The molecule has 2 fully saturated rings. The summed E-state index contributed by atoms with van der Waals surface area (Å²) >= 11 is 4.81. The first-order chi connectivity index (χ1) is 16.3. The van der Waals surface area contributed by atoms with Gasteiger partial charge in [0.05, 0.1) is 11.9 Å². The van der Waals surface area contributed by atoms with Crippen LogP contribution in [0.25, 0.3) is 0 Å². The van der Waals surface area contributed by atoms with Gasteiger partial charge in [-0.2, -0.15) is 5.10 Å². The van der Waals surface area contributed by atoms with E-state index in [2.05, 4.69) is 44.2 Å². The van der Waals surface area contributed by atoms with Crippen LogP contribution < -0.4 is 25.9 Å². The van der Waals surface area contributed by atoms with Gasteiger partial charge in [-0.1, -0.05) is 6.07 Å². The predicted octanol–water partition coefficient (Wildman–Crippen LogP) is 2.60. The number of piperazine rings is 1. The van der Waals surface area contributed by atoms with E-state index in [0.717, 1.165) is 30.9 Å². The van der Waals surface area contributed by atoms with Crippen molar-refractivity contribution >= 4 is 40.6 Å². The van der Waals surface area contributed by atoms with E-state index in [1.165, 1.54) is 18.2 Å². The second-order valence-electron chi connectivity index (χ2n) is 8.90. The van der Waals surface area contributed by atoms with Gasteiger partial charge in [0.2, 0.25) is 0 Å². The van der Waals surface area contributed by atoms with Crippen LogP contribution in [0.5, 0.6) is 0 Å². The van der Waals surface area contributed by atoms with Gasteiger partial charge < -0.3 is 25.3 Å². The third-order valence-corrected chi connectivity index (χ3v) is 6.59. The number of rotatable bonds is 6. The lowest BCUT2D eigenvalue weighted by Crippen LogP contribution is -2.47. The van der Waals surface area contributed by atoms with Crippen molar-refractivity contribution in [1.29, 1.82) is 0 Å². The standard InChI is InChI=1S/C24H31F2N7S/c1-30(2)20-6-7-33(16-20)22-14-23(21(26)12-17(22)15-28-29-24(27)34)32-10-8-31(9-11-32)19-5-3-4-18(25)13-19/h3-5,12-15,20H,6-11,16H2,1-2H3,(H3,27,29,34)/t20-/m1/s1. The van der Waals surface area contributed by atoms with Crippen LogP contribution in [0, 0.1) is 11.6 Å². The summed E-state index contributed by atoms with van der Waals surface area (Å²) in [6, 6.07) is 10.5. The Morgan fingerprint density at radius 1 is 1.06 bits per heavy atom. The van der Waals surface area contributed by atoms with E-state index in [1.807, 2.05) is 12.1 Å². The Hall–Kier alpha value is -2.98. The molecule has 7 nitrogen and oxygen atoms in total. The fourth-order valence-corrected chi connectivity index (χ4v) is 4.66. The molecule has 10 heteroatoms. The van der Waals surface area contributed by atoms with Gasteiger partial charge in [0.25, 0.3) is 0 Å². The monoisotopic (exact) mass is 487 g/mol. The molecule has 2 heterocycles. The summed E-state index contributed by atoms with van der Waals surface area (Å²) in [6.45, 7) is 4.39. The van der Waals surface area contributed by atoms with E-state index in [4.69, 9.17) is 18.0 Å². The molecule has 2 aliphatic rings. The first-order valence-corrected chi connectivity index (χ1v) is 11.8.